The van der Waals surface area contributed by atoms with E-state index < -0.39 is 24.5 Å². The Bertz CT molecular complexity index is 982. The van der Waals surface area contributed by atoms with Crippen LogP contribution in [0.2, 0.25) is 0 Å². The molecule has 0 unspecified atom stereocenters. The second-order valence-corrected chi connectivity index (χ2v) is 9.01. The van der Waals surface area contributed by atoms with Gasteiger partial charge in [0.1, 0.15) is 18.7 Å². The van der Waals surface area contributed by atoms with Crippen LogP contribution < -0.4 is 10.7 Å². The van der Waals surface area contributed by atoms with Crippen molar-refractivity contribution in [2.45, 2.75) is 59.9 Å². The molecular weight excluding hydrogens is 418 g/mol. The van der Waals surface area contributed by atoms with Crippen LogP contribution in [0.15, 0.2) is 71.4 Å². The molecule has 0 saturated heterocycles. The first-order valence-corrected chi connectivity index (χ1v) is 11.1. The second-order valence-electron chi connectivity index (χ2n) is 9.01. The molecule has 1 heterocycles. The average molecular weight is 454 g/mol. The molecule has 1 aromatic heterocycles. The summed E-state index contributed by atoms with van der Waals surface area (Å²) in [4.78, 5) is 24.4. The fourth-order valence-corrected chi connectivity index (χ4v) is 3.76. The van der Waals surface area contributed by atoms with Gasteiger partial charge in [0.15, 0.2) is 0 Å². The molecule has 0 fully saturated rings. The van der Waals surface area contributed by atoms with E-state index in [2.05, 4.69) is 53.9 Å². The van der Waals surface area contributed by atoms with Gasteiger partial charge in [0.25, 0.3) is 5.91 Å². The summed E-state index contributed by atoms with van der Waals surface area (Å²) in [5.41, 5.74) is 7.36. The van der Waals surface area contributed by atoms with Gasteiger partial charge in [-0.05, 0) is 56.6 Å². The van der Waals surface area contributed by atoms with Crippen LogP contribution in [0.5, 0.6) is 0 Å². The topological polar surface area (TPSA) is 109 Å². The van der Waals surface area contributed by atoms with E-state index in [0.29, 0.717) is 5.57 Å². The first-order valence-electron chi connectivity index (χ1n) is 11.1. The van der Waals surface area contributed by atoms with Crippen molar-refractivity contribution in [1.29, 1.82) is 0 Å². The van der Waals surface area contributed by atoms with E-state index in [0.717, 1.165) is 12.0 Å². The number of hydrogen-bond acceptors (Lipinski definition) is 5. The number of nitrogens with one attached hydrogen (secondary N) is 2. The molecule has 0 bridgehead atoms. The summed E-state index contributed by atoms with van der Waals surface area (Å²) >= 11 is 0. The number of amides is 2. The Labute approximate surface area is 195 Å². The van der Waals surface area contributed by atoms with E-state index in [1.54, 1.807) is 6.92 Å². The third-order valence-corrected chi connectivity index (χ3v) is 5.61. The predicted octanol–water partition coefficient (Wildman–Crippen LogP) is 3.36. The van der Waals surface area contributed by atoms with Crippen molar-refractivity contribution in [3.8, 4) is 0 Å². The number of carbonyl (C=O) groups excluding carboxylic acids is 2. The Kier molecular flexibility index (Phi) is 9.54. The van der Waals surface area contributed by atoms with Crippen LogP contribution in [0.3, 0.4) is 0 Å². The summed E-state index contributed by atoms with van der Waals surface area (Å²) in [6.45, 7) is 10.1. The quantitative estimate of drug-likeness (QED) is 0.392. The molecule has 2 rings (SSSR count). The SMILES string of the molecule is CC(C=CC1=C(C)CCCC1(C)C)=CC=CC(C)=CC(=O)N[C@@H](CO)C(=O)Nn1cnnc1. The number of aliphatic hydroxyl groups excluding tert-OH is 1. The molecule has 0 aromatic carbocycles. The summed E-state index contributed by atoms with van der Waals surface area (Å²) in [6, 6.07) is -1.10. The van der Waals surface area contributed by atoms with Crippen LogP contribution >= 0.6 is 0 Å². The third kappa shape index (κ3) is 8.31. The molecule has 33 heavy (non-hydrogen) atoms. The van der Waals surface area contributed by atoms with Gasteiger partial charge in [0.2, 0.25) is 5.91 Å². The zero-order chi connectivity index (χ0) is 24.4. The average Bonchev–Trinajstić information content (AvgIpc) is 3.24. The smallest absolute Gasteiger partial charge is 0.263 e. The maximum Gasteiger partial charge on any atom is 0.263 e. The Morgan fingerprint density at radius 1 is 1.21 bits per heavy atom. The Morgan fingerprint density at radius 3 is 2.55 bits per heavy atom. The van der Waals surface area contributed by atoms with Gasteiger partial charge in [-0.15, -0.1) is 10.2 Å². The molecule has 8 heteroatoms. The molecule has 1 atom stereocenters. The highest BCUT2D eigenvalue weighted by atomic mass is 16.3. The number of nitrogens with zero attached hydrogens (tertiary/aromatic N) is 3. The molecule has 0 aliphatic heterocycles. The molecule has 8 nitrogen and oxygen atoms in total. The molecule has 1 aliphatic carbocycles. The summed E-state index contributed by atoms with van der Waals surface area (Å²) in [5, 5.41) is 19.0. The van der Waals surface area contributed by atoms with Crippen LogP contribution in [0.25, 0.3) is 0 Å². The van der Waals surface area contributed by atoms with Gasteiger partial charge in [-0.1, -0.05) is 55.4 Å². The number of allylic oxidation sites excluding steroid dienone is 9. The molecule has 1 aliphatic rings. The van der Waals surface area contributed by atoms with Gasteiger partial charge >= 0.3 is 0 Å². The molecule has 2 amide bonds. The standard InChI is InChI=1S/C25H35N5O3/c1-18(11-12-21-20(3)10-7-13-25(21,4)5)8-6-9-19(2)14-23(32)28-22(15-31)24(33)29-30-16-26-27-17-30/h6,8-9,11-12,14,16-17,22,31H,7,10,13,15H2,1-5H3,(H,28,32)(H,29,33)/t22-/m0/s1. The van der Waals surface area contributed by atoms with Crippen LogP contribution in [0.4, 0.5) is 0 Å². The van der Waals surface area contributed by atoms with Crippen LogP contribution in [0.1, 0.15) is 53.9 Å². The van der Waals surface area contributed by atoms with Gasteiger partial charge in [-0.25, -0.2) is 4.68 Å². The van der Waals surface area contributed by atoms with E-state index in [4.69, 9.17) is 0 Å². The molecule has 0 spiro atoms. The number of aromatic nitrogens is 3. The van der Waals surface area contributed by atoms with Crippen molar-refractivity contribution in [3.63, 3.8) is 0 Å². The van der Waals surface area contributed by atoms with Crippen molar-refractivity contribution in [3.05, 3.63) is 71.4 Å². The number of hydrogen-bond donors (Lipinski definition) is 3. The van der Waals surface area contributed by atoms with E-state index >= 15 is 0 Å². The van der Waals surface area contributed by atoms with Gasteiger partial charge < -0.3 is 10.4 Å². The van der Waals surface area contributed by atoms with E-state index in [1.807, 2.05) is 25.2 Å². The minimum Gasteiger partial charge on any atom is -0.394 e. The lowest BCUT2D eigenvalue weighted by atomic mass is 9.72. The van der Waals surface area contributed by atoms with Crippen molar-refractivity contribution >= 4 is 11.8 Å². The molecule has 0 saturated carbocycles. The molecule has 178 valence electrons. The zero-order valence-electron chi connectivity index (χ0n) is 20.1. The van der Waals surface area contributed by atoms with Crippen molar-refractivity contribution in [1.82, 2.24) is 20.2 Å². The van der Waals surface area contributed by atoms with Gasteiger partial charge in [-0.2, -0.15) is 0 Å². The zero-order valence-corrected chi connectivity index (χ0v) is 20.1. The number of rotatable bonds is 9. The maximum absolute atomic E-state index is 12.2. The predicted molar refractivity (Wildman–Crippen MR) is 130 cm³/mol. The van der Waals surface area contributed by atoms with E-state index in [-0.39, 0.29) is 5.41 Å². The highest BCUT2D eigenvalue weighted by Gasteiger charge is 2.26. The fourth-order valence-electron chi connectivity index (χ4n) is 3.76. The minimum atomic E-state index is -1.10. The lowest BCUT2D eigenvalue weighted by molar-refractivity contribution is -0.125. The van der Waals surface area contributed by atoms with Crippen LogP contribution in [-0.2, 0) is 9.59 Å². The normalized spacial score (nSPS) is 18.1. The first kappa shape index (κ1) is 26.0. The summed E-state index contributed by atoms with van der Waals surface area (Å²) in [5.74, 6) is -1.05. The largest absolute Gasteiger partial charge is 0.394 e. The maximum atomic E-state index is 12.2. The Hall–Kier alpha value is -3.26. The summed E-state index contributed by atoms with van der Waals surface area (Å²) in [7, 11) is 0. The minimum absolute atomic E-state index is 0.209. The Morgan fingerprint density at radius 2 is 1.91 bits per heavy atom. The molecule has 0 radical (unpaired) electrons. The van der Waals surface area contributed by atoms with Crippen molar-refractivity contribution in [2.24, 2.45) is 5.41 Å². The first-order chi connectivity index (χ1) is 15.6. The summed E-state index contributed by atoms with van der Waals surface area (Å²) < 4.78 is 1.23. The van der Waals surface area contributed by atoms with Crippen molar-refractivity contribution in [2.75, 3.05) is 12.0 Å². The third-order valence-electron chi connectivity index (χ3n) is 5.61. The highest BCUT2D eigenvalue weighted by Crippen LogP contribution is 2.40. The van der Waals surface area contributed by atoms with Crippen LogP contribution in [0, 0.1) is 5.41 Å². The fraction of sp³-hybridized carbons (Fsp3) is 0.440. The van der Waals surface area contributed by atoms with E-state index in [1.165, 1.54) is 47.4 Å². The summed E-state index contributed by atoms with van der Waals surface area (Å²) in [6.07, 6.45) is 17.6. The van der Waals surface area contributed by atoms with Gasteiger partial charge in [0, 0.05) is 6.08 Å². The van der Waals surface area contributed by atoms with Crippen LogP contribution in [-0.4, -0.2) is 44.4 Å². The highest BCUT2D eigenvalue weighted by molar-refractivity contribution is 5.96. The van der Waals surface area contributed by atoms with Crippen molar-refractivity contribution < 1.29 is 14.7 Å². The molecule has 1 aromatic rings. The molecular formula is C25H35N5O3. The second kappa shape index (κ2) is 12.1. The number of aliphatic hydroxyl groups is 1. The Balaban J connectivity index is 1.93. The lowest BCUT2D eigenvalue weighted by Crippen LogP contribution is -2.47. The van der Waals surface area contributed by atoms with Gasteiger partial charge in [-0.3, -0.25) is 15.0 Å². The lowest BCUT2D eigenvalue weighted by Gasteiger charge is -2.32. The van der Waals surface area contributed by atoms with E-state index in [9.17, 15) is 14.7 Å². The van der Waals surface area contributed by atoms with Gasteiger partial charge in [0.05, 0.1) is 6.61 Å². The monoisotopic (exact) mass is 453 g/mol. The molecule has 3 N–H and O–H groups in total. The number of carbonyl (C=O) groups is 2.